The molecule has 0 aromatic carbocycles. The van der Waals surface area contributed by atoms with E-state index in [1.54, 1.807) is 6.07 Å². The van der Waals surface area contributed by atoms with Gasteiger partial charge in [-0.15, -0.1) is 23.1 Å². The van der Waals surface area contributed by atoms with Crippen LogP contribution in [-0.4, -0.2) is 67.2 Å². The quantitative estimate of drug-likeness (QED) is 0.192. The van der Waals surface area contributed by atoms with E-state index in [4.69, 9.17) is 14.5 Å². The molecule has 2 atom stereocenters. The molecule has 1 saturated heterocycles. The van der Waals surface area contributed by atoms with Crippen LogP contribution in [0.25, 0.3) is 0 Å². The third-order valence-electron chi connectivity index (χ3n) is 4.35. The van der Waals surface area contributed by atoms with Gasteiger partial charge in [0.2, 0.25) is 6.41 Å². The molecule has 2 aromatic rings. The number of oxime groups is 1. The molecule has 32 heavy (non-hydrogen) atoms. The van der Waals surface area contributed by atoms with Crippen molar-refractivity contribution in [3.8, 4) is 0 Å². The molecule has 0 bridgehead atoms. The highest BCUT2D eigenvalue weighted by atomic mass is 32.2. The molecular formula is C17H14N6O7S2. The van der Waals surface area contributed by atoms with Crippen LogP contribution in [0.1, 0.15) is 11.4 Å². The van der Waals surface area contributed by atoms with Crippen LogP contribution < -0.4 is 10.6 Å². The number of carbonyl (C=O) groups excluding carboxylic acids is 3. The SMILES string of the molecule is O=CNc1nc(C(=NOCc2ccon2)C(=O)NC2C(=O)N3C=C(C(=O)O)CS[C@H]23)cs1. The van der Waals surface area contributed by atoms with Gasteiger partial charge in [-0.25, -0.2) is 9.78 Å². The first-order valence-electron chi connectivity index (χ1n) is 8.92. The topological polar surface area (TPSA) is 176 Å². The summed E-state index contributed by atoms with van der Waals surface area (Å²) in [5.41, 5.74) is 0.465. The summed E-state index contributed by atoms with van der Waals surface area (Å²) in [5, 5.41) is 22.9. The van der Waals surface area contributed by atoms with Crippen LogP contribution in [0.2, 0.25) is 0 Å². The Balaban J connectivity index is 1.49. The molecule has 3 N–H and O–H groups in total. The molecule has 2 aliphatic rings. The van der Waals surface area contributed by atoms with Crippen molar-refractivity contribution < 1.29 is 33.6 Å². The predicted molar refractivity (Wildman–Crippen MR) is 110 cm³/mol. The van der Waals surface area contributed by atoms with Crippen molar-refractivity contribution in [1.82, 2.24) is 20.4 Å². The number of hydrogen-bond acceptors (Lipinski definition) is 11. The van der Waals surface area contributed by atoms with Gasteiger partial charge < -0.3 is 30.0 Å². The number of aromatic nitrogens is 2. The number of carbonyl (C=O) groups is 4. The average Bonchev–Trinajstić information content (AvgIpc) is 3.47. The van der Waals surface area contributed by atoms with Gasteiger partial charge in [0.25, 0.3) is 11.8 Å². The lowest BCUT2D eigenvalue weighted by atomic mass is 10.1. The second-order valence-electron chi connectivity index (χ2n) is 6.36. The zero-order valence-corrected chi connectivity index (χ0v) is 17.6. The van der Waals surface area contributed by atoms with E-state index in [0.717, 1.165) is 11.3 Å². The molecule has 166 valence electrons. The number of fused-ring (bicyclic) bond motifs is 1. The second-order valence-corrected chi connectivity index (χ2v) is 8.32. The molecule has 15 heteroatoms. The van der Waals surface area contributed by atoms with E-state index < -0.39 is 29.2 Å². The molecule has 0 saturated carbocycles. The summed E-state index contributed by atoms with van der Waals surface area (Å²) in [6, 6.07) is 0.691. The maximum Gasteiger partial charge on any atom is 0.333 e. The molecule has 0 spiro atoms. The number of aliphatic carboxylic acids is 1. The summed E-state index contributed by atoms with van der Waals surface area (Å²) in [5.74, 6) is -2.07. The van der Waals surface area contributed by atoms with E-state index in [2.05, 4.69) is 25.9 Å². The summed E-state index contributed by atoms with van der Waals surface area (Å²) in [7, 11) is 0. The molecule has 0 aliphatic carbocycles. The number of thiazole rings is 1. The van der Waals surface area contributed by atoms with Crippen molar-refractivity contribution in [2.24, 2.45) is 5.16 Å². The number of hydrogen-bond donors (Lipinski definition) is 3. The Labute approximate surface area is 187 Å². The van der Waals surface area contributed by atoms with Crippen LogP contribution in [0.3, 0.4) is 0 Å². The van der Waals surface area contributed by atoms with Crippen LogP contribution in [-0.2, 0) is 30.6 Å². The van der Waals surface area contributed by atoms with E-state index in [9.17, 15) is 19.2 Å². The maximum atomic E-state index is 12.9. The minimum absolute atomic E-state index is 0.0752. The Bertz CT molecular complexity index is 1110. The van der Waals surface area contributed by atoms with Crippen molar-refractivity contribution in [3.05, 3.63) is 40.9 Å². The molecule has 13 nitrogen and oxygen atoms in total. The fourth-order valence-corrected chi connectivity index (χ4v) is 4.72. The lowest BCUT2D eigenvalue weighted by molar-refractivity contribution is -0.144. The van der Waals surface area contributed by atoms with E-state index in [1.807, 2.05) is 0 Å². The summed E-state index contributed by atoms with van der Waals surface area (Å²) in [6.07, 6.45) is 3.08. The largest absolute Gasteiger partial charge is 0.478 e. The number of nitrogens with zero attached hydrogens (tertiary/aromatic N) is 4. The highest BCUT2D eigenvalue weighted by Gasteiger charge is 2.50. The lowest BCUT2D eigenvalue weighted by Gasteiger charge is -2.46. The van der Waals surface area contributed by atoms with Crippen LogP contribution >= 0.6 is 23.1 Å². The lowest BCUT2D eigenvalue weighted by Crippen LogP contribution is -2.69. The van der Waals surface area contributed by atoms with E-state index in [-0.39, 0.29) is 34.5 Å². The van der Waals surface area contributed by atoms with Gasteiger partial charge in [-0.1, -0.05) is 10.3 Å². The van der Waals surface area contributed by atoms with Crippen molar-refractivity contribution in [2.45, 2.75) is 18.0 Å². The Morgan fingerprint density at radius 1 is 1.47 bits per heavy atom. The second kappa shape index (κ2) is 9.19. The van der Waals surface area contributed by atoms with Gasteiger partial charge in [0.05, 0.1) is 5.57 Å². The summed E-state index contributed by atoms with van der Waals surface area (Å²) < 4.78 is 4.70. The number of amides is 3. The van der Waals surface area contributed by atoms with Gasteiger partial charge in [0.15, 0.2) is 17.5 Å². The van der Waals surface area contributed by atoms with Gasteiger partial charge in [0, 0.05) is 23.4 Å². The van der Waals surface area contributed by atoms with Crippen LogP contribution in [0.5, 0.6) is 0 Å². The van der Waals surface area contributed by atoms with Crippen LogP contribution in [0.4, 0.5) is 5.13 Å². The Kier molecular flexibility index (Phi) is 6.18. The standard InChI is InChI=1S/C17H14N6O7S2/c24-7-18-17-19-10(6-32-17)11(22-30-4-9-1-2-29-21-9)13(25)20-12-14(26)23-3-8(16(27)28)5-31-15(12)23/h1-3,6-7,12,15H,4-5H2,(H,20,25)(H,27,28)(H,18,19,24)/t12?,15-/m1/s1. The van der Waals surface area contributed by atoms with Crippen molar-refractivity contribution in [2.75, 3.05) is 11.1 Å². The average molecular weight is 478 g/mol. The zero-order chi connectivity index (χ0) is 22.7. The van der Waals surface area contributed by atoms with E-state index in [1.165, 1.54) is 34.5 Å². The monoisotopic (exact) mass is 478 g/mol. The fraction of sp³-hybridized carbons (Fsp3) is 0.235. The molecule has 1 unspecified atom stereocenters. The normalized spacial score (nSPS) is 20.0. The van der Waals surface area contributed by atoms with Gasteiger partial charge in [-0.3, -0.25) is 14.4 Å². The van der Waals surface area contributed by atoms with Crippen molar-refractivity contribution in [3.63, 3.8) is 0 Å². The van der Waals surface area contributed by atoms with Crippen LogP contribution in [0, 0.1) is 0 Å². The number of thioether (sulfide) groups is 1. The minimum Gasteiger partial charge on any atom is -0.478 e. The van der Waals surface area contributed by atoms with Gasteiger partial charge in [-0.2, -0.15) is 0 Å². The van der Waals surface area contributed by atoms with Crippen molar-refractivity contribution in [1.29, 1.82) is 0 Å². The first kappa shape index (κ1) is 21.5. The number of nitrogens with one attached hydrogen (secondary N) is 2. The first-order valence-corrected chi connectivity index (χ1v) is 10.8. The van der Waals surface area contributed by atoms with Gasteiger partial charge >= 0.3 is 5.97 Å². The molecule has 3 amide bonds. The third kappa shape index (κ3) is 4.33. The number of carboxylic acids is 1. The first-order chi connectivity index (χ1) is 15.5. The third-order valence-corrected chi connectivity index (χ3v) is 6.44. The van der Waals surface area contributed by atoms with E-state index >= 15 is 0 Å². The zero-order valence-electron chi connectivity index (χ0n) is 16.0. The highest BCUT2D eigenvalue weighted by molar-refractivity contribution is 8.00. The fourth-order valence-electron chi connectivity index (χ4n) is 2.82. The van der Waals surface area contributed by atoms with E-state index in [0.29, 0.717) is 12.1 Å². The minimum atomic E-state index is -1.10. The summed E-state index contributed by atoms with van der Waals surface area (Å²) in [4.78, 5) is 57.7. The number of β-lactam (4-membered cyclic amide) rings is 1. The molecule has 4 rings (SSSR count). The van der Waals surface area contributed by atoms with Gasteiger partial charge in [-0.05, 0) is 0 Å². The Morgan fingerprint density at radius 3 is 3.03 bits per heavy atom. The van der Waals surface area contributed by atoms with Crippen LogP contribution in [0.15, 0.2) is 39.2 Å². The number of carboxylic acid groups (broad SMARTS) is 1. The summed E-state index contributed by atoms with van der Waals surface area (Å²) >= 11 is 2.30. The van der Waals surface area contributed by atoms with Crippen molar-refractivity contribution >= 4 is 58.1 Å². The Morgan fingerprint density at radius 2 is 2.31 bits per heavy atom. The smallest absolute Gasteiger partial charge is 0.333 e. The molecule has 0 radical (unpaired) electrons. The number of anilines is 1. The summed E-state index contributed by atoms with van der Waals surface area (Å²) in [6.45, 7) is -0.0752. The molecular weight excluding hydrogens is 464 g/mol. The molecule has 2 aliphatic heterocycles. The molecule has 2 aromatic heterocycles. The number of rotatable bonds is 9. The molecule has 4 heterocycles. The highest BCUT2D eigenvalue weighted by Crippen LogP contribution is 2.36. The predicted octanol–water partition coefficient (Wildman–Crippen LogP) is -0.0113. The van der Waals surface area contributed by atoms with Gasteiger partial charge in [0.1, 0.15) is 29.1 Å². The molecule has 1 fully saturated rings. The maximum absolute atomic E-state index is 12.9. The Hall–Kier alpha value is -3.72.